The van der Waals surface area contributed by atoms with Gasteiger partial charge >= 0.3 is 0 Å². The molecule has 1 fully saturated rings. The van der Waals surface area contributed by atoms with E-state index < -0.39 is 0 Å². The van der Waals surface area contributed by atoms with E-state index >= 15 is 0 Å². The van der Waals surface area contributed by atoms with Gasteiger partial charge in [0, 0.05) is 29.7 Å². The average molecular weight is 279 g/mol. The average Bonchev–Trinajstić information content (AvgIpc) is 2.22. The largest absolute Gasteiger partial charge is 0.327 e. The summed E-state index contributed by atoms with van der Waals surface area (Å²) in [5, 5.41) is 0.441. The second kappa shape index (κ2) is 6.55. The monoisotopic (exact) mass is 278 g/mol. The van der Waals surface area contributed by atoms with Gasteiger partial charge in [0.15, 0.2) is 0 Å². The third-order valence-corrected chi connectivity index (χ3v) is 3.19. The van der Waals surface area contributed by atoms with Crippen molar-refractivity contribution in [3.05, 3.63) is 34.6 Å². The Hall–Kier alpha value is -0.350. The SMILES string of the molecule is Cl.N[C@@H]1CCCN(Cc2ccc(Cl)cc2F)C1. The molecule has 0 unspecified atom stereocenters. The molecule has 0 saturated carbocycles. The molecular weight excluding hydrogens is 262 g/mol. The molecule has 0 radical (unpaired) electrons. The minimum atomic E-state index is -0.230. The number of piperidine rings is 1. The van der Waals surface area contributed by atoms with Gasteiger partial charge < -0.3 is 5.73 Å². The molecule has 0 aromatic heterocycles. The van der Waals surface area contributed by atoms with Gasteiger partial charge in [-0.1, -0.05) is 17.7 Å². The summed E-state index contributed by atoms with van der Waals surface area (Å²) < 4.78 is 13.6. The molecule has 0 amide bonds. The third kappa shape index (κ3) is 4.11. The summed E-state index contributed by atoms with van der Waals surface area (Å²) in [6.45, 7) is 2.47. The van der Waals surface area contributed by atoms with Gasteiger partial charge in [-0.25, -0.2) is 4.39 Å². The minimum absolute atomic E-state index is 0. The number of nitrogens with two attached hydrogens (primary N) is 1. The second-order valence-corrected chi connectivity index (χ2v) is 4.81. The Labute approximate surface area is 112 Å². The molecule has 0 spiro atoms. The van der Waals surface area contributed by atoms with Crippen LogP contribution in [0.15, 0.2) is 18.2 Å². The predicted molar refractivity (Wildman–Crippen MR) is 71.1 cm³/mol. The van der Waals surface area contributed by atoms with E-state index in [1.807, 2.05) is 0 Å². The first kappa shape index (κ1) is 14.7. The van der Waals surface area contributed by atoms with E-state index in [0.717, 1.165) is 25.9 Å². The molecule has 2 N–H and O–H groups in total. The summed E-state index contributed by atoms with van der Waals surface area (Å²) in [5.74, 6) is -0.230. The quantitative estimate of drug-likeness (QED) is 0.902. The minimum Gasteiger partial charge on any atom is -0.327 e. The van der Waals surface area contributed by atoms with E-state index in [1.165, 1.54) is 6.07 Å². The Kier molecular flexibility index (Phi) is 5.67. The fourth-order valence-electron chi connectivity index (χ4n) is 2.13. The molecule has 96 valence electrons. The first-order valence-electron chi connectivity index (χ1n) is 5.57. The van der Waals surface area contributed by atoms with Crippen LogP contribution in [0.25, 0.3) is 0 Å². The Morgan fingerprint density at radius 2 is 2.24 bits per heavy atom. The molecular formula is C12H17Cl2FN2. The maximum Gasteiger partial charge on any atom is 0.129 e. The molecule has 1 saturated heterocycles. The van der Waals surface area contributed by atoms with Crippen molar-refractivity contribution >= 4 is 24.0 Å². The van der Waals surface area contributed by atoms with Crippen molar-refractivity contribution in [1.82, 2.24) is 4.90 Å². The summed E-state index contributed by atoms with van der Waals surface area (Å²) in [4.78, 5) is 2.19. The molecule has 1 aliphatic heterocycles. The number of nitrogens with zero attached hydrogens (tertiary/aromatic N) is 1. The number of benzene rings is 1. The van der Waals surface area contributed by atoms with Crippen LogP contribution in [0, 0.1) is 5.82 Å². The van der Waals surface area contributed by atoms with Gasteiger partial charge in [0.25, 0.3) is 0 Å². The van der Waals surface area contributed by atoms with Crippen LogP contribution < -0.4 is 5.73 Å². The lowest BCUT2D eigenvalue weighted by molar-refractivity contribution is 0.199. The van der Waals surface area contributed by atoms with Crippen molar-refractivity contribution in [2.24, 2.45) is 5.73 Å². The molecule has 1 atom stereocenters. The highest BCUT2D eigenvalue weighted by Crippen LogP contribution is 2.18. The summed E-state index contributed by atoms with van der Waals surface area (Å²) in [6.07, 6.45) is 2.16. The Morgan fingerprint density at radius 3 is 2.88 bits per heavy atom. The van der Waals surface area contributed by atoms with E-state index in [-0.39, 0.29) is 24.3 Å². The van der Waals surface area contributed by atoms with E-state index in [4.69, 9.17) is 17.3 Å². The molecule has 1 aromatic rings. The lowest BCUT2D eigenvalue weighted by atomic mass is 10.1. The predicted octanol–water partition coefficient (Wildman–Crippen LogP) is 2.82. The highest BCUT2D eigenvalue weighted by atomic mass is 35.5. The van der Waals surface area contributed by atoms with Crippen LogP contribution in [0.2, 0.25) is 5.02 Å². The normalized spacial score (nSPS) is 21.0. The summed E-state index contributed by atoms with van der Waals surface area (Å²) >= 11 is 5.71. The molecule has 1 aromatic carbocycles. The van der Waals surface area contributed by atoms with E-state index in [2.05, 4.69) is 4.90 Å². The van der Waals surface area contributed by atoms with Gasteiger partial charge in [0.05, 0.1) is 0 Å². The maximum absolute atomic E-state index is 13.6. The number of rotatable bonds is 2. The molecule has 1 heterocycles. The summed E-state index contributed by atoms with van der Waals surface area (Å²) in [7, 11) is 0. The number of hydrogen-bond donors (Lipinski definition) is 1. The van der Waals surface area contributed by atoms with Crippen molar-refractivity contribution < 1.29 is 4.39 Å². The van der Waals surface area contributed by atoms with Crippen molar-refractivity contribution in [2.75, 3.05) is 13.1 Å². The van der Waals surface area contributed by atoms with Crippen LogP contribution >= 0.6 is 24.0 Å². The highest BCUT2D eigenvalue weighted by molar-refractivity contribution is 6.30. The van der Waals surface area contributed by atoms with Crippen LogP contribution in [0.5, 0.6) is 0 Å². The van der Waals surface area contributed by atoms with Gasteiger partial charge in [-0.2, -0.15) is 0 Å². The van der Waals surface area contributed by atoms with Gasteiger partial charge in [-0.3, -0.25) is 4.90 Å². The van der Waals surface area contributed by atoms with Gasteiger partial charge in [0.2, 0.25) is 0 Å². The van der Waals surface area contributed by atoms with E-state index in [9.17, 15) is 4.39 Å². The maximum atomic E-state index is 13.6. The van der Waals surface area contributed by atoms with Crippen LogP contribution in [0.1, 0.15) is 18.4 Å². The van der Waals surface area contributed by atoms with Gasteiger partial charge in [-0.05, 0) is 31.5 Å². The van der Waals surface area contributed by atoms with Crippen LogP contribution in [-0.4, -0.2) is 24.0 Å². The first-order valence-corrected chi connectivity index (χ1v) is 5.95. The lowest BCUT2D eigenvalue weighted by Crippen LogP contribution is -2.42. The zero-order valence-electron chi connectivity index (χ0n) is 9.53. The van der Waals surface area contributed by atoms with Gasteiger partial charge in [0.1, 0.15) is 5.82 Å². The Morgan fingerprint density at radius 1 is 1.47 bits per heavy atom. The molecule has 1 aliphatic rings. The van der Waals surface area contributed by atoms with E-state index in [0.29, 0.717) is 17.1 Å². The number of halogens is 3. The molecule has 2 nitrogen and oxygen atoms in total. The van der Waals surface area contributed by atoms with Crippen LogP contribution in [0.4, 0.5) is 4.39 Å². The van der Waals surface area contributed by atoms with Crippen molar-refractivity contribution in [3.8, 4) is 0 Å². The van der Waals surface area contributed by atoms with E-state index in [1.54, 1.807) is 12.1 Å². The highest BCUT2D eigenvalue weighted by Gasteiger charge is 2.17. The second-order valence-electron chi connectivity index (χ2n) is 4.37. The molecule has 0 aliphatic carbocycles. The van der Waals surface area contributed by atoms with Crippen molar-refractivity contribution in [2.45, 2.75) is 25.4 Å². The molecule has 2 rings (SSSR count). The van der Waals surface area contributed by atoms with Crippen LogP contribution in [-0.2, 0) is 6.54 Å². The number of hydrogen-bond acceptors (Lipinski definition) is 2. The molecule has 5 heteroatoms. The molecule has 0 bridgehead atoms. The Bertz CT molecular complexity index is 374. The third-order valence-electron chi connectivity index (χ3n) is 2.95. The topological polar surface area (TPSA) is 29.3 Å². The fraction of sp³-hybridized carbons (Fsp3) is 0.500. The zero-order valence-corrected chi connectivity index (χ0v) is 11.1. The standard InChI is InChI=1S/C12H16ClFN2.ClH/c13-10-4-3-9(12(14)6-10)7-16-5-1-2-11(15)8-16;/h3-4,6,11H,1-2,5,7-8,15H2;1H/t11-;/m1./s1. The lowest BCUT2D eigenvalue weighted by Gasteiger charge is -2.30. The Balaban J connectivity index is 0.00000144. The van der Waals surface area contributed by atoms with Crippen molar-refractivity contribution in [3.63, 3.8) is 0 Å². The number of likely N-dealkylation sites (tertiary alicyclic amines) is 1. The van der Waals surface area contributed by atoms with Gasteiger partial charge in [-0.15, -0.1) is 12.4 Å². The molecule has 17 heavy (non-hydrogen) atoms. The fourth-order valence-corrected chi connectivity index (χ4v) is 2.28. The van der Waals surface area contributed by atoms with Crippen LogP contribution in [0.3, 0.4) is 0 Å². The smallest absolute Gasteiger partial charge is 0.129 e. The summed E-state index contributed by atoms with van der Waals surface area (Å²) in [5.41, 5.74) is 6.58. The zero-order chi connectivity index (χ0) is 11.5. The first-order chi connectivity index (χ1) is 7.65. The summed E-state index contributed by atoms with van der Waals surface area (Å²) in [6, 6.07) is 5.06. The van der Waals surface area contributed by atoms with Crippen molar-refractivity contribution in [1.29, 1.82) is 0 Å².